The Kier molecular flexibility index (Phi) is 4.69. The third-order valence-electron chi connectivity index (χ3n) is 2.60. The smallest absolute Gasteiger partial charge is 0.297 e. The van der Waals surface area contributed by atoms with Gasteiger partial charge in [-0.15, -0.1) is 0 Å². The molecule has 2 aromatic carbocycles. The number of aldehydes is 1. The SMILES string of the molecule is O=Cc1ccc(COS(=O)(=O)c2ccc(Br)cc2)cc1. The topological polar surface area (TPSA) is 60.4 Å². The molecular formula is C14H11BrO4S. The van der Waals surface area contributed by atoms with Crippen LogP contribution in [0.4, 0.5) is 0 Å². The summed E-state index contributed by atoms with van der Waals surface area (Å²) in [6.45, 7) is -0.0719. The van der Waals surface area contributed by atoms with Gasteiger partial charge in [-0.2, -0.15) is 8.42 Å². The normalized spacial score (nSPS) is 11.2. The molecule has 0 saturated carbocycles. The number of carbonyl (C=O) groups is 1. The summed E-state index contributed by atoms with van der Waals surface area (Å²) in [6, 6.07) is 12.7. The minimum absolute atomic E-state index is 0.0719. The van der Waals surface area contributed by atoms with Gasteiger partial charge in [0, 0.05) is 10.0 Å². The zero-order valence-corrected chi connectivity index (χ0v) is 12.7. The van der Waals surface area contributed by atoms with E-state index >= 15 is 0 Å². The van der Waals surface area contributed by atoms with Gasteiger partial charge in [0.15, 0.2) is 0 Å². The van der Waals surface area contributed by atoms with Crippen LogP contribution in [0.25, 0.3) is 0 Å². The molecule has 4 nitrogen and oxygen atoms in total. The molecule has 0 radical (unpaired) electrons. The molecule has 0 aliphatic carbocycles. The van der Waals surface area contributed by atoms with E-state index in [0.29, 0.717) is 11.1 Å². The fraction of sp³-hybridized carbons (Fsp3) is 0.0714. The van der Waals surface area contributed by atoms with E-state index in [1.165, 1.54) is 12.1 Å². The fourth-order valence-corrected chi connectivity index (χ4v) is 2.67. The molecule has 0 saturated heterocycles. The third kappa shape index (κ3) is 3.75. The molecule has 0 aliphatic rings. The Morgan fingerprint density at radius 2 is 1.60 bits per heavy atom. The average Bonchev–Trinajstić information content (AvgIpc) is 2.46. The fourth-order valence-electron chi connectivity index (χ4n) is 1.51. The molecule has 0 bridgehead atoms. The molecule has 2 rings (SSSR count). The quantitative estimate of drug-likeness (QED) is 0.611. The number of carbonyl (C=O) groups excluding carboxylic acids is 1. The first-order chi connectivity index (χ1) is 9.51. The molecule has 0 unspecified atom stereocenters. The molecular weight excluding hydrogens is 344 g/mol. The maximum absolute atomic E-state index is 11.9. The maximum Gasteiger partial charge on any atom is 0.297 e. The summed E-state index contributed by atoms with van der Waals surface area (Å²) < 4.78 is 29.7. The van der Waals surface area contributed by atoms with Crippen molar-refractivity contribution in [2.45, 2.75) is 11.5 Å². The highest BCUT2D eigenvalue weighted by Crippen LogP contribution is 2.18. The minimum atomic E-state index is -3.78. The lowest BCUT2D eigenvalue weighted by atomic mass is 10.2. The molecule has 0 atom stereocenters. The first-order valence-electron chi connectivity index (χ1n) is 5.70. The second-order valence-corrected chi connectivity index (χ2v) is 6.56. The van der Waals surface area contributed by atoms with Crippen LogP contribution in [-0.4, -0.2) is 14.7 Å². The summed E-state index contributed by atoms with van der Waals surface area (Å²) in [7, 11) is -3.78. The van der Waals surface area contributed by atoms with Crippen LogP contribution in [0.2, 0.25) is 0 Å². The second kappa shape index (κ2) is 6.30. The van der Waals surface area contributed by atoms with E-state index in [1.807, 2.05) is 0 Å². The third-order valence-corrected chi connectivity index (χ3v) is 4.41. The lowest BCUT2D eigenvalue weighted by Crippen LogP contribution is -2.06. The van der Waals surface area contributed by atoms with Crippen LogP contribution in [0.1, 0.15) is 15.9 Å². The van der Waals surface area contributed by atoms with Gasteiger partial charge in [0.2, 0.25) is 0 Å². The van der Waals surface area contributed by atoms with E-state index in [2.05, 4.69) is 15.9 Å². The Morgan fingerprint density at radius 1 is 1.00 bits per heavy atom. The molecule has 2 aromatic rings. The van der Waals surface area contributed by atoms with Gasteiger partial charge in [-0.25, -0.2) is 0 Å². The van der Waals surface area contributed by atoms with Crippen LogP contribution < -0.4 is 0 Å². The largest absolute Gasteiger partial charge is 0.298 e. The van der Waals surface area contributed by atoms with Crippen molar-refractivity contribution in [3.05, 3.63) is 64.1 Å². The van der Waals surface area contributed by atoms with Gasteiger partial charge in [-0.05, 0) is 29.8 Å². The lowest BCUT2D eigenvalue weighted by Gasteiger charge is -2.06. The Bertz CT molecular complexity index is 691. The predicted octanol–water partition coefficient (Wildman–Crippen LogP) is 3.17. The van der Waals surface area contributed by atoms with E-state index in [4.69, 9.17) is 4.18 Å². The van der Waals surface area contributed by atoms with Crippen molar-refractivity contribution < 1.29 is 17.4 Å². The van der Waals surface area contributed by atoms with Crippen LogP contribution in [0.5, 0.6) is 0 Å². The molecule has 0 fully saturated rings. The highest BCUT2D eigenvalue weighted by molar-refractivity contribution is 9.10. The molecule has 0 aromatic heterocycles. The molecule has 0 N–H and O–H groups in total. The molecule has 6 heteroatoms. The van der Waals surface area contributed by atoms with E-state index in [0.717, 1.165) is 10.8 Å². The minimum Gasteiger partial charge on any atom is -0.298 e. The van der Waals surface area contributed by atoms with Gasteiger partial charge in [0.25, 0.3) is 10.1 Å². The average molecular weight is 355 g/mol. The van der Waals surface area contributed by atoms with Gasteiger partial charge in [-0.1, -0.05) is 40.2 Å². The Hall–Kier alpha value is -1.50. The number of benzene rings is 2. The first kappa shape index (κ1) is 14.9. The van der Waals surface area contributed by atoms with E-state index in [-0.39, 0.29) is 11.5 Å². The predicted molar refractivity (Wildman–Crippen MR) is 77.9 cm³/mol. The van der Waals surface area contributed by atoms with Crippen molar-refractivity contribution in [2.75, 3.05) is 0 Å². The van der Waals surface area contributed by atoms with Crippen LogP contribution >= 0.6 is 15.9 Å². The van der Waals surface area contributed by atoms with Crippen molar-refractivity contribution in [1.82, 2.24) is 0 Å². The molecule has 0 heterocycles. The van der Waals surface area contributed by atoms with Crippen molar-refractivity contribution in [3.8, 4) is 0 Å². The molecule has 0 aliphatic heterocycles. The Labute approximate surface area is 125 Å². The first-order valence-corrected chi connectivity index (χ1v) is 7.90. The number of halogens is 1. The maximum atomic E-state index is 11.9. The standard InChI is InChI=1S/C14H11BrO4S/c15-13-5-7-14(8-6-13)20(17,18)19-10-12-3-1-11(9-16)2-4-12/h1-9H,10H2. The van der Waals surface area contributed by atoms with Gasteiger partial charge in [0.05, 0.1) is 11.5 Å². The lowest BCUT2D eigenvalue weighted by molar-refractivity contribution is 0.112. The zero-order valence-electron chi connectivity index (χ0n) is 10.3. The molecule has 0 spiro atoms. The number of rotatable bonds is 5. The van der Waals surface area contributed by atoms with Crippen LogP contribution in [-0.2, 0) is 20.9 Å². The van der Waals surface area contributed by atoms with Crippen molar-refractivity contribution in [3.63, 3.8) is 0 Å². The summed E-state index contributed by atoms with van der Waals surface area (Å²) >= 11 is 3.24. The van der Waals surface area contributed by atoms with Crippen LogP contribution in [0.3, 0.4) is 0 Å². The molecule has 20 heavy (non-hydrogen) atoms. The summed E-state index contributed by atoms with van der Waals surface area (Å²) in [5.74, 6) is 0. The summed E-state index contributed by atoms with van der Waals surface area (Å²) in [4.78, 5) is 10.6. The second-order valence-electron chi connectivity index (χ2n) is 4.03. The monoisotopic (exact) mass is 354 g/mol. The van der Waals surface area contributed by atoms with Crippen LogP contribution in [0.15, 0.2) is 57.9 Å². The molecule has 104 valence electrons. The zero-order chi connectivity index (χ0) is 14.6. The Morgan fingerprint density at radius 3 is 2.15 bits per heavy atom. The van der Waals surface area contributed by atoms with Crippen molar-refractivity contribution in [1.29, 1.82) is 0 Å². The van der Waals surface area contributed by atoms with E-state index < -0.39 is 10.1 Å². The highest BCUT2D eigenvalue weighted by Gasteiger charge is 2.14. The number of hydrogen-bond donors (Lipinski definition) is 0. The van der Waals surface area contributed by atoms with Gasteiger partial charge < -0.3 is 0 Å². The van der Waals surface area contributed by atoms with Gasteiger partial charge >= 0.3 is 0 Å². The van der Waals surface area contributed by atoms with Gasteiger partial charge in [0.1, 0.15) is 6.29 Å². The highest BCUT2D eigenvalue weighted by atomic mass is 79.9. The van der Waals surface area contributed by atoms with Crippen LogP contribution in [0, 0.1) is 0 Å². The van der Waals surface area contributed by atoms with E-state index in [1.54, 1.807) is 36.4 Å². The summed E-state index contributed by atoms with van der Waals surface area (Å²) in [5.41, 5.74) is 1.21. The van der Waals surface area contributed by atoms with Crippen molar-refractivity contribution in [2.24, 2.45) is 0 Å². The molecule has 0 amide bonds. The summed E-state index contributed by atoms with van der Waals surface area (Å²) in [5, 5.41) is 0. The van der Waals surface area contributed by atoms with Gasteiger partial charge in [-0.3, -0.25) is 8.98 Å². The van der Waals surface area contributed by atoms with Crippen molar-refractivity contribution >= 4 is 32.3 Å². The number of hydrogen-bond acceptors (Lipinski definition) is 4. The Balaban J connectivity index is 2.08. The van der Waals surface area contributed by atoms with E-state index in [9.17, 15) is 13.2 Å². The summed E-state index contributed by atoms with van der Waals surface area (Å²) in [6.07, 6.45) is 0.725.